The van der Waals surface area contributed by atoms with Crippen molar-refractivity contribution in [2.24, 2.45) is 0 Å². The highest BCUT2D eigenvalue weighted by molar-refractivity contribution is 6.34. The van der Waals surface area contributed by atoms with Crippen LogP contribution in [0, 0.1) is 0 Å². The Morgan fingerprint density at radius 2 is 1.86 bits per heavy atom. The van der Waals surface area contributed by atoms with Crippen LogP contribution < -0.4 is 15.8 Å². The number of hydrogen-bond acceptors (Lipinski definition) is 3. The maximum absolute atomic E-state index is 12.2. The van der Waals surface area contributed by atoms with E-state index >= 15 is 0 Å². The molecule has 0 aliphatic rings. The summed E-state index contributed by atoms with van der Waals surface area (Å²) in [6, 6.07) is 10.2. The van der Waals surface area contributed by atoms with Crippen LogP contribution in [0.1, 0.15) is 15.9 Å². The van der Waals surface area contributed by atoms with Crippen LogP contribution in [0.25, 0.3) is 0 Å². The highest BCUT2D eigenvalue weighted by atomic mass is 35.5. The predicted octanol–water partition coefficient (Wildman–Crippen LogP) is 3.51. The van der Waals surface area contributed by atoms with Crippen molar-refractivity contribution in [3.63, 3.8) is 0 Å². The number of rotatable bonds is 4. The van der Waals surface area contributed by atoms with Gasteiger partial charge >= 0.3 is 0 Å². The summed E-state index contributed by atoms with van der Waals surface area (Å²) in [5.41, 5.74) is 7.06. The number of nitrogens with two attached hydrogens (primary N) is 1. The molecule has 1 amide bonds. The number of nitrogen functional groups attached to an aromatic ring is 1. The number of carbonyl (C=O) groups excluding carboxylic acids is 1. The number of benzene rings is 2. The average molecular weight is 325 g/mol. The Kier molecular flexibility index (Phi) is 4.94. The van der Waals surface area contributed by atoms with E-state index in [2.05, 4.69) is 5.32 Å². The molecule has 0 aliphatic heterocycles. The first kappa shape index (κ1) is 15.5. The van der Waals surface area contributed by atoms with Gasteiger partial charge in [-0.1, -0.05) is 35.3 Å². The molecule has 2 aromatic carbocycles. The van der Waals surface area contributed by atoms with Crippen molar-refractivity contribution in [3.05, 3.63) is 57.6 Å². The van der Waals surface area contributed by atoms with Gasteiger partial charge in [0.25, 0.3) is 5.91 Å². The second-order valence-electron chi connectivity index (χ2n) is 4.31. The molecule has 0 aromatic heterocycles. The molecule has 0 spiro atoms. The molecule has 0 radical (unpaired) electrons. The summed E-state index contributed by atoms with van der Waals surface area (Å²) < 4.78 is 5.23. The molecule has 0 saturated carbocycles. The molecule has 21 heavy (non-hydrogen) atoms. The van der Waals surface area contributed by atoms with E-state index in [9.17, 15) is 4.79 Å². The first-order chi connectivity index (χ1) is 10.0. The average Bonchev–Trinajstić information content (AvgIpc) is 2.45. The standard InChI is InChI=1S/C15H14Cl2N2O2/c1-21-13-7-3-4-10(16)9(13)8-19-15(20)14-11(17)5-2-6-12(14)18/h2-7H,8,18H2,1H3,(H,19,20). The molecule has 2 rings (SSSR count). The fourth-order valence-electron chi connectivity index (χ4n) is 1.94. The Labute approximate surface area is 132 Å². The number of halogens is 2. The lowest BCUT2D eigenvalue weighted by molar-refractivity contribution is 0.0952. The molecule has 0 heterocycles. The van der Waals surface area contributed by atoms with E-state index in [1.807, 2.05) is 0 Å². The fourth-order valence-corrected chi connectivity index (χ4v) is 2.44. The Balaban J connectivity index is 2.19. The number of ether oxygens (including phenoxy) is 1. The Morgan fingerprint density at radius 1 is 1.19 bits per heavy atom. The number of methoxy groups -OCH3 is 1. The van der Waals surface area contributed by atoms with Crippen molar-refractivity contribution in [3.8, 4) is 5.75 Å². The van der Waals surface area contributed by atoms with Gasteiger partial charge in [-0.2, -0.15) is 0 Å². The lowest BCUT2D eigenvalue weighted by Crippen LogP contribution is -2.24. The van der Waals surface area contributed by atoms with E-state index in [0.717, 1.165) is 0 Å². The summed E-state index contributed by atoms with van der Waals surface area (Å²) in [6.45, 7) is 0.215. The van der Waals surface area contributed by atoms with Crippen LogP contribution in [0.4, 0.5) is 5.69 Å². The van der Waals surface area contributed by atoms with Crippen molar-refractivity contribution < 1.29 is 9.53 Å². The van der Waals surface area contributed by atoms with Gasteiger partial charge in [-0.3, -0.25) is 4.79 Å². The third kappa shape index (κ3) is 3.40. The van der Waals surface area contributed by atoms with E-state index in [4.69, 9.17) is 33.7 Å². The molecule has 0 atom stereocenters. The smallest absolute Gasteiger partial charge is 0.255 e. The van der Waals surface area contributed by atoms with Crippen LogP contribution in [0.15, 0.2) is 36.4 Å². The molecule has 6 heteroatoms. The van der Waals surface area contributed by atoms with Gasteiger partial charge in [0.15, 0.2) is 0 Å². The number of carbonyl (C=O) groups is 1. The quantitative estimate of drug-likeness (QED) is 0.846. The van der Waals surface area contributed by atoms with Gasteiger partial charge in [0.1, 0.15) is 5.75 Å². The molecule has 4 nitrogen and oxygen atoms in total. The van der Waals surface area contributed by atoms with Gasteiger partial charge in [0.2, 0.25) is 0 Å². The van der Waals surface area contributed by atoms with Gasteiger partial charge < -0.3 is 15.8 Å². The van der Waals surface area contributed by atoms with Crippen molar-refractivity contribution in [2.45, 2.75) is 6.54 Å². The summed E-state index contributed by atoms with van der Waals surface area (Å²) in [5.74, 6) is 0.245. The van der Waals surface area contributed by atoms with Crippen molar-refractivity contribution in [1.29, 1.82) is 0 Å². The van der Waals surface area contributed by atoms with E-state index in [-0.39, 0.29) is 18.0 Å². The zero-order valence-electron chi connectivity index (χ0n) is 11.3. The lowest BCUT2D eigenvalue weighted by Gasteiger charge is -2.12. The molecule has 2 aromatic rings. The van der Waals surface area contributed by atoms with E-state index in [1.54, 1.807) is 43.5 Å². The maximum atomic E-state index is 12.2. The van der Waals surface area contributed by atoms with Crippen molar-refractivity contribution in [2.75, 3.05) is 12.8 Å². The third-order valence-electron chi connectivity index (χ3n) is 2.99. The SMILES string of the molecule is COc1cccc(Cl)c1CNC(=O)c1c(N)cccc1Cl. The zero-order valence-corrected chi connectivity index (χ0v) is 12.8. The molecule has 0 unspecified atom stereocenters. The summed E-state index contributed by atoms with van der Waals surface area (Å²) >= 11 is 12.1. The van der Waals surface area contributed by atoms with Crippen LogP contribution >= 0.6 is 23.2 Å². The molecular formula is C15H14Cl2N2O2. The number of anilines is 1. The molecule has 3 N–H and O–H groups in total. The van der Waals surface area contributed by atoms with Crippen LogP contribution in [0.2, 0.25) is 10.0 Å². The maximum Gasteiger partial charge on any atom is 0.255 e. The van der Waals surface area contributed by atoms with Crippen LogP contribution in [0.3, 0.4) is 0 Å². The summed E-state index contributed by atoms with van der Waals surface area (Å²) in [4.78, 5) is 12.2. The minimum absolute atomic E-state index is 0.215. The van der Waals surface area contributed by atoms with Crippen LogP contribution in [0.5, 0.6) is 5.75 Å². The predicted molar refractivity (Wildman–Crippen MR) is 85.0 cm³/mol. The monoisotopic (exact) mass is 324 g/mol. The largest absolute Gasteiger partial charge is 0.496 e. The lowest BCUT2D eigenvalue weighted by atomic mass is 10.1. The van der Waals surface area contributed by atoms with Gasteiger partial charge in [0.05, 0.1) is 17.7 Å². The summed E-state index contributed by atoms with van der Waals surface area (Å²) in [7, 11) is 1.54. The van der Waals surface area contributed by atoms with Crippen molar-refractivity contribution >= 4 is 34.8 Å². The minimum atomic E-state index is -0.361. The topological polar surface area (TPSA) is 64.3 Å². The molecule has 0 fully saturated rings. The molecule has 0 bridgehead atoms. The van der Waals surface area contributed by atoms with E-state index in [1.165, 1.54) is 0 Å². The Hall–Kier alpha value is -1.91. The Morgan fingerprint density at radius 3 is 2.52 bits per heavy atom. The minimum Gasteiger partial charge on any atom is -0.496 e. The molecule has 0 saturated heterocycles. The van der Waals surface area contributed by atoms with Gasteiger partial charge in [-0.25, -0.2) is 0 Å². The van der Waals surface area contributed by atoms with E-state index < -0.39 is 0 Å². The van der Waals surface area contributed by atoms with Crippen LogP contribution in [-0.2, 0) is 6.54 Å². The number of nitrogens with one attached hydrogen (secondary N) is 1. The third-order valence-corrected chi connectivity index (χ3v) is 3.66. The zero-order chi connectivity index (χ0) is 15.4. The first-order valence-electron chi connectivity index (χ1n) is 6.18. The molecule has 110 valence electrons. The first-order valence-corrected chi connectivity index (χ1v) is 6.93. The highest BCUT2D eigenvalue weighted by Crippen LogP contribution is 2.27. The number of hydrogen-bond donors (Lipinski definition) is 2. The summed E-state index contributed by atoms with van der Waals surface area (Å²) in [5, 5.41) is 3.56. The normalized spacial score (nSPS) is 10.2. The number of amides is 1. The second-order valence-corrected chi connectivity index (χ2v) is 5.12. The fraction of sp³-hybridized carbons (Fsp3) is 0.133. The summed E-state index contributed by atoms with van der Waals surface area (Å²) in [6.07, 6.45) is 0. The molecular weight excluding hydrogens is 311 g/mol. The van der Waals surface area contributed by atoms with Crippen LogP contribution in [-0.4, -0.2) is 13.0 Å². The van der Waals surface area contributed by atoms with Gasteiger partial charge in [0, 0.05) is 22.8 Å². The highest BCUT2D eigenvalue weighted by Gasteiger charge is 2.15. The van der Waals surface area contributed by atoms with E-state index in [0.29, 0.717) is 27.0 Å². The van der Waals surface area contributed by atoms with Gasteiger partial charge in [-0.05, 0) is 24.3 Å². The Bertz CT molecular complexity index is 654. The molecule has 0 aliphatic carbocycles. The van der Waals surface area contributed by atoms with Crippen molar-refractivity contribution in [1.82, 2.24) is 5.32 Å². The second kappa shape index (κ2) is 6.70. The van der Waals surface area contributed by atoms with Gasteiger partial charge in [-0.15, -0.1) is 0 Å².